The van der Waals surface area contributed by atoms with Crippen LogP contribution in [0.3, 0.4) is 0 Å². The molecule has 0 aliphatic heterocycles. The number of nitrogens with one attached hydrogen (secondary N) is 3. The molecular weight excluding hydrogens is 465 g/mol. The summed E-state index contributed by atoms with van der Waals surface area (Å²) in [6.07, 6.45) is 0. The second-order valence-corrected chi connectivity index (χ2v) is 8.52. The number of sulfonamides is 1. The fraction of sp³-hybridized carbons (Fsp3) is 0.130. The quantitative estimate of drug-likeness (QED) is 0.420. The van der Waals surface area contributed by atoms with E-state index in [0.717, 1.165) is 6.07 Å². The molecule has 2 amide bonds. The van der Waals surface area contributed by atoms with E-state index < -0.39 is 27.7 Å². The molecule has 0 saturated heterocycles. The number of carbonyl (C=O) groups excluding carboxylic acids is 2. The first-order valence-electron chi connectivity index (χ1n) is 10.0. The third-order valence-electron chi connectivity index (χ3n) is 4.55. The van der Waals surface area contributed by atoms with Crippen molar-refractivity contribution in [1.82, 2.24) is 10.9 Å². The predicted octanol–water partition coefficient (Wildman–Crippen LogP) is 3.11. The second kappa shape index (κ2) is 10.7. The van der Waals surface area contributed by atoms with Crippen molar-refractivity contribution in [3.8, 4) is 11.5 Å². The summed E-state index contributed by atoms with van der Waals surface area (Å²) in [4.78, 5) is 24.4. The van der Waals surface area contributed by atoms with E-state index in [1.807, 2.05) is 6.92 Å². The molecule has 0 saturated carbocycles. The minimum absolute atomic E-state index is 0.0475. The van der Waals surface area contributed by atoms with Gasteiger partial charge in [0.15, 0.2) is 0 Å². The first kappa shape index (κ1) is 24.5. The SMILES string of the molecule is CCOc1ccc(S(=O)(=O)Nc2ccc(C(=O)NNC(=O)c3ccc(OC)cc3F)cc2)cc1. The average Bonchev–Trinajstić information content (AvgIpc) is 2.83. The van der Waals surface area contributed by atoms with Gasteiger partial charge in [-0.05, 0) is 67.6 Å². The Morgan fingerprint density at radius 1 is 0.882 bits per heavy atom. The lowest BCUT2D eigenvalue weighted by Gasteiger charge is -2.11. The zero-order chi connectivity index (χ0) is 24.7. The first-order valence-corrected chi connectivity index (χ1v) is 11.5. The zero-order valence-corrected chi connectivity index (χ0v) is 19.1. The molecule has 11 heteroatoms. The van der Waals surface area contributed by atoms with Crippen molar-refractivity contribution in [3.05, 3.63) is 83.7 Å². The maximum Gasteiger partial charge on any atom is 0.272 e. The number of halogens is 1. The van der Waals surface area contributed by atoms with Gasteiger partial charge in [0.25, 0.3) is 21.8 Å². The number of hydrogen-bond donors (Lipinski definition) is 3. The maximum atomic E-state index is 14.0. The third kappa shape index (κ3) is 6.01. The Balaban J connectivity index is 1.60. The van der Waals surface area contributed by atoms with Gasteiger partial charge in [-0.15, -0.1) is 0 Å². The Kier molecular flexibility index (Phi) is 7.69. The van der Waals surface area contributed by atoms with Crippen LogP contribution in [0.5, 0.6) is 11.5 Å². The molecule has 0 fully saturated rings. The Morgan fingerprint density at radius 3 is 2.09 bits per heavy atom. The van der Waals surface area contributed by atoms with E-state index >= 15 is 0 Å². The van der Waals surface area contributed by atoms with Crippen molar-refractivity contribution >= 4 is 27.5 Å². The fourth-order valence-corrected chi connectivity index (χ4v) is 3.90. The highest BCUT2D eigenvalue weighted by molar-refractivity contribution is 7.92. The number of hydrazine groups is 1. The number of anilines is 1. The summed E-state index contributed by atoms with van der Waals surface area (Å²) in [5, 5.41) is 0. The summed E-state index contributed by atoms with van der Waals surface area (Å²) < 4.78 is 51.7. The van der Waals surface area contributed by atoms with Crippen LogP contribution < -0.4 is 25.0 Å². The standard InChI is InChI=1S/C23H22FN3O6S/c1-3-33-17-8-11-19(12-9-17)34(30,31)27-16-6-4-15(5-7-16)22(28)25-26-23(29)20-13-10-18(32-2)14-21(20)24/h4-14,27H,3H2,1-2H3,(H,25,28)(H,26,29). The largest absolute Gasteiger partial charge is 0.497 e. The molecule has 3 N–H and O–H groups in total. The maximum absolute atomic E-state index is 14.0. The van der Waals surface area contributed by atoms with Crippen LogP contribution in [0.15, 0.2) is 71.6 Å². The number of rotatable bonds is 8. The Labute approximate surface area is 195 Å². The monoisotopic (exact) mass is 487 g/mol. The minimum Gasteiger partial charge on any atom is -0.497 e. The van der Waals surface area contributed by atoms with Crippen molar-refractivity contribution < 1.29 is 31.9 Å². The van der Waals surface area contributed by atoms with E-state index in [9.17, 15) is 22.4 Å². The van der Waals surface area contributed by atoms with Crippen LogP contribution in [0.1, 0.15) is 27.6 Å². The van der Waals surface area contributed by atoms with E-state index in [0.29, 0.717) is 12.4 Å². The Hall–Kier alpha value is -4.12. The molecule has 0 spiro atoms. The molecule has 9 nitrogen and oxygen atoms in total. The molecule has 0 atom stereocenters. The molecule has 3 aromatic rings. The van der Waals surface area contributed by atoms with Crippen LogP contribution in [0.25, 0.3) is 0 Å². The lowest BCUT2D eigenvalue weighted by molar-refractivity contribution is 0.0844. The number of benzene rings is 3. The summed E-state index contributed by atoms with van der Waals surface area (Å²) in [5.74, 6) is -1.54. The van der Waals surface area contributed by atoms with Gasteiger partial charge in [-0.1, -0.05) is 0 Å². The number of hydrogen-bond acceptors (Lipinski definition) is 6. The molecule has 0 aromatic heterocycles. The van der Waals surface area contributed by atoms with Gasteiger partial charge in [0.05, 0.1) is 24.2 Å². The van der Waals surface area contributed by atoms with Gasteiger partial charge < -0.3 is 9.47 Å². The van der Waals surface area contributed by atoms with Crippen molar-refractivity contribution in [2.75, 3.05) is 18.4 Å². The van der Waals surface area contributed by atoms with Gasteiger partial charge in [0.2, 0.25) is 0 Å². The lowest BCUT2D eigenvalue weighted by atomic mass is 10.2. The first-order chi connectivity index (χ1) is 16.2. The Bertz CT molecular complexity index is 1280. The van der Waals surface area contributed by atoms with Crippen LogP contribution >= 0.6 is 0 Å². The van der Waals surface area contributed by atoms with E-state index in [1.165, 1.54) is 55.6 Å². The van der Waals surface area contributed by atoms with Gasteiger partial charge in [-0.2, -0.15) is 0 Å². The molecule has 0 radical (unpaired) electrons. The number of carbonyl (C=O) groups is 2. The number of methoxy groups -OCH3 is 1. The fourth-order valence-electron chi connectivity index (χ4n) is 2.85. The van der Waals surface area contributed by atoms with Crippen LogP contribution in [0.2, 0.25) is 0 Å². The summed E-state index contributed by atoms with van der Waals surface area (Å²) in [6, 6.07) is 15.1. The molecule has 0 heterocycles. The van der Waals surface area contributed by atoms with Crippen LogP contribution in [-0.2, 0) is 10.0 Å². The van der Waals surface area contributed by atoms with Gasteiger partial charge in [-0.25, -0.2) is 12.8 Å². The Morgan fingerprint density at radius 2 is 1.50 bits per heavy atom. The molecule has 0 aliphatic carbocycles. The smallest absolute Gasteiger partial charge is 0.272 e. The topological polar surface area (TPSA) is 123 Å². The van der Waals surface area contributed by atoms with E-state index in [4.69, 9.17) is 9.47 Å². The lowest BCUT2D eigenvalue weighted by Crippen LogP contribution is -2.41. The van der Waals surface area contributed by atoms with Crippen molar-refractivity contribution in [2.45, 2.75) is 11.8 Å². The summed E-state index contributed by atoms with van der Waals surface area (Å²) in [5.41, 5.74) is 4.39. The van der Waals surface area contributed by atoms with Crippen LogP contribution in [-0.4, -0.2) is 33.9 Å². The molecule has 0 bridgehead atoms. The van der Waals surface area contributed by atoms with Gasteiger partial charge in [-0.3, -0.25) is 25.2 Å². The highest BCUT2D eigenvalue weighted by atomic mass is 32.2. The van der Waals surface area contributed by atoms with E-state index in [2.05, 4.69) is 15.6 Å². The van der Waals surface area contributed by atoms with Crippen molar-refractivity contribution in [2.24, 2.45) is 0 Å². The van der Waals surface area contributed by atoms with Crippen LogP contribution in [0, 0.1) is 5.82 Å². The third-order valence-corrected chi connectivity index (χ3v) is 5.95. The van der Waals surface area contributed by atoms with Crippen LogP contribution in [0.4, 0.5) is 10.1 Å². The number of amides is 2. The molecule has 34 heavy (non-hydrogen) atoms. The molecule has 0 unspecified atom stereocenters. The van der Waals surface area contributed by atoms with Gasteiger partial charge in [0.1, 0.15) is 17.3 Å². The van der Waals surface area contributed by atoms with E-state index in [-0.39, 0.29) is 27.5 Å². The van der Waals surface area contributed by atoms with Crippen molar-refractivity contribution in [1.29, 1.82) is 0 Å². The second-order valence-electron chi connectivity index (χ2n) is 6.84. The normalized spacial score (nSPS) is 10.8. The van der Waals surface area contributed by atoms with Gasteiger partial charge in [0, 0.05) is 17.3 Å². The molecule has 178 valence electrons. The summed E-state index contributed by atoms with van der Waals surface area (Å²) >= 11 is 0. The summed E-state index contributed by atoms with van der Waals surface area (Å²) in [7, 11) is -2.48. The molecule has 0 aliphatic rings. The summed E-state index contributed by atoms with van der Waals surface area (Å²) in [6.45, 7) is 2.29. The highest BCUT2D eigenvalue weighted by Gasteiger charge is 2.16. The molecule has 3 rings (SSSR count). The zero-order valence-electron chi connectivity index (χ0n) is 18.3. The minimum atomic E-state index is -3.85. The van der Waals surface area contributed by atoms with Crippen molar-refractivity contribution in [3.63, 3.8) is 0 Å². The molecular formula is C23H22FN3O6S. The molecule has 3 aromatic carbocycles. The number of ether oxygens (including phenoxy) is 2. The predicted molar refractivity (Wildman–Crippen MR) is 123 cm³/mol. The average molecular weight is 488 g/mol. The van der Waals surface area contributed by atoms with E-state index in [1.54, 1.807) is 12.1 Å². The van der Waals surface area contributed by atoms with Gasteiger partial charge >= 0.3 is 0 Å². The highest BCUT2D eigenvalue weighted by Crippen LogP contribution is 2.20.